The molecular formula is C21H19F3N2O2. The normalized spacial score (nSPS) is 17.7. The first kappa shape index (κ1) is 19.8. The molecule has 0 radical (unpaired) electrons. The van der Waals surface area contributed by atoms with Gasteiger partial charge in [-0.1, -0.05) is 18.2 Å². The molecule has 3 rings (SSSR count). The summed E-state index contributed by atoms with van der Waals surface area (Å²) in [6, 6.07) is 9.78. The van der Waals surface area contributed by atoms with Crippen molar-refractivity contribution in [3.8, 4) is 0 Å². The van der Waals surface area contributed by atoms with Crippen LogP contribution in [0.3, 0.4) is 0 Å². The Balaban J connectivity index is 1.68. The first-order valence-electron chi connectivity index (χ1n) is 8.94. The van der Waals surface area contributed by atoms with Gasteiger partial charge in [-0.3, -0.25) is 14.6 Å². The summed E-state index contributed by atoms with van der Waals surface area (Å²) in [5.74, 6) is -1.12. The van der Waals surface area contributed by atoms with Crippen molar-refractivity contribution in [3.05, 3.63) is 71.6 Å². The highest BCUT2D eigenvalue weighted by Gasteiger charge is 2.33. The number of aromatic nitrogens is 1. The summed E-state index contributed by atoms with van der Waals surface area (Å²) >= 11 is 0. The number of benzene rings is 1. The van der Waals surface area contributed by atoms with E-state index in [0.717, 1.165) is 12.1 Å². The van der Waals surface area contributed by atoms with E-state index in [-0.39, 0.29) is 23.8 Å². The lowest BCUT2D eigenvalue weighted by molar-refractivity contribution is -0.137. The molecule has 1 unspecified atom stereocenters. The van der Waals surface area contributed by atoms with Gasteiger partial charge in [-0.15, -0.1) is 0 Å². The maximum Gasteiger partial charge on any atom is 0.416 e. The fourth-order valence-corrected chi connectivity index (χ4v) is 3.21. The smallest absolute Gasteiger partial charge is 0.338 e. The fourth-order valence-electron chi connectivity index (χ4n) is 3.21. The Bertz CT molecular complexity index is 879. The molecule has 0 bridgehead atoms. The summed E-state index contributed by atoms with van der Waals surface area (Å²) in [7, 11) is 0. The predicted molar refractivity (Wildman–Crippen MR) is 98.3 cm³/mol. The molecule has 146 valence electrons. The number of likely N-dealkylation sites (tertiary alicyclic amines) is 1. The van der Waals surface area contributed by atoms with Gasteiger partial charge in [0.15, 0.2) is 5.78 Å². The van der Waals surface area contributed by atoms with Gasteiger partial charge in [0.1, 0.15) is 0 Å². The number of halogens is 3. The lowest BCUT2D eigenvalue weighted by Crippen LogP contribution is -2.41. The van der Waals surface area contributed by atoms with Crippen LogP contribution in [0.2, 0.25) is 0 Å². The highest BCUT2D eigenvalue weighted by Crippen LogP contribution is 2.30. The van der Waals surface area contributed by atoms with Crippen LogP contribution in [0.15, 0.2) is 54.7 Å². The summed E-state index contributed by atoms with van der Waals surface area (Å²) < 4.78 is 38.7. The number of amides is 1. The van der Waals surface area contributed by atoms with E-state index in [2.05, 4.69) is 4.98 Å². The number of Topliss-reactive ketones (excluding diaryl/α,β-unsaturated/α-hetero) is 1. The molecule has 2 heterocycles. The van der Waals surface area contributed by atoms with Crippen LogP contribution in [-0.2, 0) is 11.0 Å². The molecule has 0 N–H and O–H groups in total. The zero-order valence-electron chi connectivity index (χ0n) is 15.0. The van der Waals surface area contributed by atoms with Gasteiger partial charge in [-0.05, 0) is 43.2 Å². The molecule has 1 amide bonds. The molecule has 1 aliphatic heterocycles. The van der Waals surface area contributed by atoms with Crippen molar-refractivity contribution in [2.24, 2.45) is 5.92 Å². The average molecular weight is 388 g/mol. The van der Waals surface area contributed by atoms with Crippen LogP contribution < -0.4 is 0 Å². The van der Waals surface area contributed by atoms with Gasteiger partial charge >= 0.3 is 6.18 Å². The zero-order chi connectivity index (χ0) is 20.1. The van der Waals surface area contributed by atoms with Crippen molar-refractivity contribution in [2.45, 2.75) is 19.0 Å². The minimum Gasteiger partial charge on any atom is -0.338 e. The largest absolute Gasteiger partial charge is 0.416 e. The molecule has 2 aromatic rings. The number of carbonyl (C=O) groups excluding carboxylic acids is 2. The number of nitrogens with zero attached hydrogens (tertiary/aromatic N) is 2. The van der Waals surface area contributed by atoms with E-state index in [1.165, 1.54) is 18.2 Å². The van der Waals surface area contributed by atoms with E-state index < -0.39 is 17.7 Å². The monoisotopic (exact) mass is 388 g/mol. The van der Waals surface area contributed by atoms with Crippen LogP contribution in [0.4, 0.5) is 13.2 Å². The molecule has 0 spiro atoms. The van der Waals surface area contributed by atoms with Gasteiger partial charge < -0.3 is 4.90 Å². The topological polar surface area (TPSA) is 50.3 Å². The van der Waals surface area contributed by atoms with Crippen molar-refractivity contribution < 1.29 is 22.8 Å². The third-order valence-electron chi connectivity index (χ3n) is 4.66. The van der Waals surface area contributed by atoms with Gasteiger partial charge in [0, 0.05) is 36.8 Å². The Morgan fingerprint density at radius 1 is 1.14 bits per heavy atom. The van der Waals surface area contributed by atoms with E-state index in [1.807, 2.05) is 6.07 Å². The Morgan fingerprint density at radius 2 is 1.96 bits per heavy atom. The molecular weight excluding hydrogens is 369 g/mol. The van der Waals surface area contributed by atoms with E-state index in [4.69, 9.17) is 0 Å². The molecule has 4 nitrogen and oxygen atoms in total. The van der Waals surface area contributed by atoms with Gasteiger partial charge in [-0.25, -0.2) is 0 Å². The fraction of sp³-hybridized carbons (Fsp3) is 0.286. The van der Waals surface area contributed by atoms with Crippen molar-refractivity contribution in [3.63, 3.8) is 0 Å². The van der Waals surface area contributed by atoms with E-state index in [1.54, 1.807) is 29.3 Å². The van der Waals surface area contributed by atoms with Crippen molar-refractivity contribution in [2.75, 3.05) is 13.1 Å². The molecule has 0 aliphatic carbocycles. The van der Waals surface area contributed by atoms with Crippen molar-refractivity contribution in [1.82, 2.24) is 9.88 Å². The Morgan fingerprint density at radius 3 is 2.68 bits per heavy atom. The molecule has 28 heavy (non-hydrogen) atoms. The average Bonchev–Trinajstić information content (AvgIpc) is 2.72. The lowest BCUT2D eigenvalue weighted by Gasteiger charge is -2.31. The molecule has 1 saturated heterocycles. The number of carbonyl (C=O) groups is 2. The first-order chi connectivity index (χ1) is 13.3. The number of piperidine rings is 1. The minimum atomic E-state index is -4.50. The molecule has 1 aromatic heterocycles. The predicted octanol–water partition coefficient (Wildman–Crippen LogP) is 4.24. The highest BCUT2D eigenvalue weighted by molar-refractivity contribution is 5.99. The number of hydrogen-bond donors (Lipinski definition) is 0. The number of pyridine rings is 1. The van der Waals surface area contributed by atoms with Crippen LogP contribution in [-0.4, -0.2) is 34.7 Å². The lowest BCUT2D eigenvalue weighted by atomic mass is 9.89. The Kier molecular flexibility index (Phi) is 5.92. The standard InChI is InChI=1S/C21H19F3N2O2/c22-21(23,24)17-7-3-5-15(13-17)20(28)16-6-4-12-26(14-16)19(27)10-9-18-8-1-2-11-25-18/h1-3,5,7-11,13,16H,4,6,12,14H2/b10-9+. The number of ketones is 1. The molecule has 1 fully saturated rings. The zero-order valence-corrected chi connectivity index (χ0v) is 15.0. The molecule has 1 aliphatic rings. The Hall–Kier alpha value is -2.96. The maximum atomic E-state index is 12.9. The second-order valence-electron chi connectivity index (χ2n) is 6.65. The number of hydrogen-bond acceptors (Lipinski definition) is 3. The summed E-state index contributed by atoms with van der Waals surface area (Å²) in [6.07, 6.45) is 1.29. The first-order valence-corrected chi connectivity index (χ1v) is 8.94. The second kappa shape index (κ2) is 8.37. The molecule has 1 aromatic carbocycles. The van der Waals surface area contributed by atoms with Gasteiger partial charge in [0.25, 0.3) is 0 Å². The summed E-state index contributed by atoms with van der Waals surface area (Å²) in [5, 5.41) is 0. The van der Waals surface area contributed by atoms with E-state index >= 15 is 0 Å². The summed E-state index contributed by atoms with van der Waals surface area (Å²) in [4.78, 5) is 30.8. The van der Waals surface area contributed by atoms with Gasteiger partial charge in [0.05, 0.1) is 11.3 Å². The van der Waals surface area contributed by atoms with Crippen molar-refractivity contribution >= 4 is 17.8 Å². The van der Waals surface area contributed by atoms with Crippen LogP contribution in [0.5, 0.6) is 0 Å². The van der Waals surface area contributed by atoms with E-state index in [9.17, 15) is 22.8 Å². The van der Waals surface area contributed by atoms with Crippen LogP contribution in [0, 0.1) is 5.92 Å². The summed E-state index contributed by atoms with van der Waals surface area (Å²) in [5.41, 5.74) is -0.178. The van der Waals surface area contributed by atoms with Crippen molar-refractivity contribution in [1.29, 1.82) is 0 Å². The minimum absolute atomic E-state index is 0.0261. The molecule has 7 heteroatoms. The van der Waals surface area contributed by atoms with Gasteiger partial charge in [0.2, 0.25) is 5.91 Å². The van der Waals surface area contributed by atoms with Crippen LogP contribution in [0.25, 0.3) is 6.08 Å². The van der Waals surface area contributed by atoms with Gasteiger partial charge in [-0.2, -0.15) is 13.2 Å². The Labute approximate surface area is 160 Å². The van der Waals surface area contributed by atoms with Crippen LogP contribution in [0.1, 0.15) is 34.5 Å². The SMILES string of the molecule is O=C(c1cccc(C(F)(F)F)c1)C1CCCN(C(=O)/C=C/c2ccccn2)C1. The molecule has 0 saturated carbocycles. The number of alkyl halides is 3. The second-order valence-corrected chi connectivity index (χ2v) is 6.65. The summed E-state index contributed by atoms with van der Waals surface area (Å²) in [6.45, 7) is 0.707. The molecule has 1 atom stereocenters. The van der Waals surface area contributed by atoms with E-state index in [0.29, 0.717) is 25.1 Å². The van der Waals surface area contributed by atoms with Crippen LogP contribution >= 0.6 is 0 Å². The number of rotatable bonds is 4. The highest BCUT2D eigenvalue weighted by atomic mass is 19.4. The third-order valence-corrected chi connectivity index (χ3v) is 4.66. The third kappa shape index (κ3) is 4.85. The quantitative estimate of drug-likeness (QED) is 0.582. The maximum absolute atomic E-state index is 12.9.